The van der Waals surface area contributed by atoms with E-state index in [1.165, 1.54) is 96.3 Å². The molecule has 94 heavy (non-hydrogen) atoms. The zero-order chi connectivity index (χ0) is 68.5. The number of aliphatic hydroxyl groups is 1. The van der Waals surface area contributed by atoms with Crippen LogP contribution in [0.4, 0.5) is 0 Å². The Morgan fingerprint density at radius 1 is 0.330 bits per heavy atom. The Morgan fingerprint density at radius 2 is 0.596 bits per heavy atom. The summed E-state index contributed by atoms with van der Waals surface area (Å²) in [5.41, 5.74) is 0. The SMILES string of the molecule is CCCCCCCCCCCCCCCC(=O)OC[C@H](COP(=O)(O)OC[C@H](O)COP(=O)(O)OC[C@@H](COCCCCCCC/C=C\CCCCCCC=O)OCCCCCCC/C=C\CCCCCCC=O)OCCCCCCCCC/C=C\CCCCCCC=O. The number of esters is 1. The fourth-order valence-electron chi connectivity index (χ4n) is 10.8. The van der Waals surface area contributed by atoms with Crippen LogP contribution in [0.2, 0.25) is 0 Å². The molecule has 0 saturated carbocycles. The molecule has 0 aromatic carbocycles. The van der Waals surface area contributed by atoms with Crippen LogP contribution in [0.15, 0.2) is 36.5 Å². The third kappa shape index (κ3) is 72.5. The van der Waals surface area contributed by atoms with Crippen LogP contribution in [0.3, 0.4) is 0 Å². The Hall–Kier alpha value is -2.24. The highest BCUT2D eigenvalue weighted by molar-refractivity contribution is 7.47. The Morgan fingerprint density at radius 3 is 0.926 bits per heavy atom. The van der Waals surface area contributed by atoms with E-state index < -0.39 is 53.8 Å². The maximum absolute atomic E-state index is 13.1. The number of allylic oxidation sites excluding steroid dienone is 6. The van der Waals surface area contributed by atoms with Gasteiger partial charge in [0.05, 0.1) is 33.0 Å². The lowest BCUT2D eigenvalue weighted by molar-refractivity contribution is -0.149. The van der Waals surface area contributed by atoms with E-state index in [4.69, 9.17) is 37.0 Å². The van der Waals surface area contributed by atoms with E-state index in [-0.39, 0.29) is 32.2 Å². The lowest BCUT2D eigenvalue weighted by Crippen LogP contribution is -2.28. The van der Waals surface area contributed by atoms with E-state index in [2.05, 4.69) is 43.4 Å². The number of unbranched alkanes of at least 4 members (excludes halogenated alkanes) is 44. The summed E-state index contributed by atoms with van der Waals surface area (Å²) < 4.78 is 70.5. The fraction of sp³-hybridized carbons (Fsp3) is 0.867. The summed E-state index contributed by atoms with van der Waals surface area (Å²) in [5, 5.41) is 10.6. The molecule has 0 radical (unpaired) electrons. The first-order valence-electron chi connectivity index (χ1n) is 38.1. The van der Waals surface area contributed by atoms with Crippen molar-refractivity contribution in [2.75, 3.05) is 59.5 Å². The summed E-state index contributed by atoms with van der Waals surface area (Å²) in [6.07, 6.45) is 68.8. The molecule has 0 spiro atoms. The molecule has 0 amide bonds. The van der Waals surface area contributed by atoms with Crippen LogP contribution in [0.25, 0.3) is 0 Å². The molecule has 17 nitrogen and oxygen atoms in total. The minimum atomic E-state index is -4.79. The van der Waals surface area contributed by atoms with E-state index in [1.54, 1.807) is 0 Å². The van der Waals surface area contributed by atoms with Gasteiger partial charge in [-0.25, -0.2) is 9.13 Å². The highest BCUT2D eigenvalue weighted by Gasteiger charge is 2.29. The predicted octanol–water partition coefficient (Wildman–Crippen LogP) is 20.5. The maximum Gasteiger partial charge on any atom is 0.472 e. The van der Waals surface area contributed by atoms with Crippen molar-refractivity contribution in [2.24, 2.45) is 0 Å². The van der Waals surface area contributed by atoms with Gasteiger partial charge in [-0.15, -0.1) is 0 Å². The van der Waals surface area contributed by atoms with Gasteiger partial charge >= 0.3 is 21.6 Å². The lowest BCUT2D eigenvalue weighted by atomic mass is 10.0. The number of aliphatic hydroxyl groups excluding tert-OH is 1. The summed E-state index contributed by atoms with van der Waals surface area (Å²) in [5.74, 6) is -0.370. The Kier molecular flexibility index (Phi) is 71.7. The summed E-state index contributed by atoms with van der Waals surface area (Å²) in [7, 11) is -9.52. The van der Waals surface area contributed by atoms with Crippen LogP contribution in [-0.4, -0.2) is 117 Å². The number of phosphoric acid groups is 2. The minimum Gasteiger partial charge on any atom is -0.463 e. The smallest absolute Gasteiger partial charge is 0.463 e. The second kappa shape index (κ2) is 73.5. The number of hydrogen-bond acceptors (Lipinski definition) is 15. The largest absolute Gasteiger partial charge is 0.472 e. The van der Waals surface area contributed by atoms with Crippen LogP contribution in [0.5, 0.6) is 0 Å². The number of rotatable bonds is 79. The predicted molar refractivity (Wildman–Crippen MR) is 382 cm³/mol. The monoisotopic (exact) mass is 1370 g/mol. The summed E-state index contributed by atoms with van der Waals surface area (Å²) in [4.78, 5) is 65.4. The molecule has 0 aromatic heterocycles. The third-order valence-corrected chi connectivity index (χ3v) is 18.6. The van der Waals surface area contributed by atoms with E-state index in [1.807, 2.05) is 0 Å². The molecule has 0 aliphatic heterocycles. The number of aldehydes is 3. The molecule has 0 fully saturated rings. The van der Waals surface area contributed by atoms with Gasteiger partial charge in [-0.2, -0.15) is 0 Å². The van der Waals surface area contributed by atoms with Gasteiger partial charge in [0.25, 0.3) is 0 Å². The summed E-state index contributed by atoms with van der Waals surface area (Å²) in [6, 6.07) is 0. The van der Waals surface area contributed by atoms with Gasteiger partial charge in [0.15, 0.2) is 0 Å². The number of carbonyl (C=O) groups excluding carboxylic acids is 4. The van der Waals surface area contributed by atoms with Crippen molar-refractivity contribution in [2.45, 2.75) is 359 Å². The number of ether oxygens (including phenoxy) is 4. The molecule has 19 heteroatoms. The quantitative estimate of drug-likeness (QED) is 0.0169. The molecule has 552 valence electrons. The minimum absolute atomic E-state index is 0.149. The molecule has 5 atom stereocenters. The molecular weight excluding hydrogens is 1230 g/mol. The number of carbonyl (C=O) groups is 4. The number of hydrogen-bond donors (Lipinski definition) is 3. The van der Waals surface area contributed by atoms with Crippen LogP contribution in [0, 0.1) is 0 Å². The van der Waals surface area contributed by atoms with Crippen LogP contribution in [-0.2, 0) is 65.4 Å². The second-order valence-corrected chi connectivity index (χ2v) is 28.7. The molecule has 0 aromatic rings. The molecule has 0 aliphatic rings. The topological polar surface area (TPSA) is 237 Å². The van der Waals surface area contributed by atoms with Gasteiger partial charge in [-0.3, -0.25) is 22.9 Å². The van der Waals surface area contributed by atoms with E-state index in [0.29, 0.717) is 39.1 Å². The Balaban J connectivity index is 5.09. The third-order valence-electron chi connectivity index (χ3n) is 16.7. The fourth-order valence-corrected chi connectivity index (χ4v) is 12.3. The van der Waals surface area contributed by atoms with Gasteiger partial charge in [-0.05, 0) is 122 Å². The Labute approximate surface area is 573 Å². The molecule has 0 saturated heterocycles. The van der Waals surface area contributed by atoms with Crippen molar-refractivity contribution < 1.29 is 80.2 Å². The van der Waals surface area contributed by atoms with E-state index in [0.717, 1.165) is 231 Å². The maximum atomic E-state index is 13.1. The second-order valence-electron chi connectivity index (χ2n) is 25.8. The van der Waals surface area contributed by atoms with Crippen molar-refractivity contribution in [3.05, 3.63) is 36.5 Å². The first-order valence-corrected chi connectivity index (χ1v) is 41.1. The normalized spacial score (nSPS) is 14.3. The van der Waals surface area contributed by atoms with Crippen molar-refractivity contribution in [1.82, 2.24) is 0 Å². The molecular formula is C75H140O17P2. The van der Waals surface area contributed by atoms with Crippen molar-refractivity contribution in [3.63, 3.8) is 0 Å². The van der Waals surface area contributed by atoms with Gasteiger partial charge in [0.2, 0.25) is 0 Å². The van der Waals surface area contributed by atoms with Crippen molar-refractivity contribution in [3.8, 4) is 0 Å². The van der Waals surface area contributed by atoms with Crippen LogP contribution < -0.4 is 0 Å². The first-order chi connectivity index (χ1) is 46.0. The van der Waals surface area contributed by atoms with Gasteiger partial charge in [0.1, 0.15) is 43.8 Å². The highest BCUT2D eigenvalue weighted by Crippen LogP contribution is 2.45. The summed E-state index contributed by atoms with van der Waals surface area (Å²) >= 11 is 0. The zero-order valence-corrected chi connectivity index (χ0v) is 61.3. The average Bonchev–Trinajstić information content (AvgIpc) is 2.92. The molecule has 0 bridgehead atoms. The molecule has 0 heterocycles. The molecule has 3 N–H and O–H groups in total. The van der Waals surface area contributed by atoms with Crippen molar-refractivity contribution >= 4 is 40.5 Å². The van der Waals surface area contributed by atoms with Gasteiger partial charge < -0.3 is 48.2 Å². The summed E-state index contributed by atoms with van der Waals surface area (Å²) in [6.45, 7) is 1.24. The van der Waals surface area contributed by atoms with Gasteiger partial charge in [-0.1, -0.05) is 230 Å². The molecule has 2 unspecified atom stereocenters. The van der Waals surface area contributed by atoms with E-state index in [9.17, 15) is 43.2 Å². The van der Waals surface area contributed by atoms with Crippen LogP contribution >= 0.6 is 15.6 Å². The average molecular weight is 1380 g/mol. The standard InChI is InChI=1S/C75H140O17P2/c1-2-3-4-5-6-7-8-17-24-31-38-45-52-59-75(80)88-69-74(87-65-58-51-44-37-30-22-14-10-9-11-18-25-32-39-46-53-60-76)71-92-94(83,84)90-67-72(79)66-89-93(81,82)91-70-73(86-64-57-50-43-36-29-23-16-13-20-27-34-41-48-55-62-78)68-85-63-56-49-42-35-28-21-15-12-19-26-33-40-47-54-61-77/h9,11-13,15-16,60-62,72-74,79H,2-8,10,14,17-59,63-71H2,1H3,(H,81,82)(H,83,84)/b11-9-,15-12-,16-13-/t72-,73-,74-/m1/s1. The van der Waals surface area contributed by atoms with Crippen LogP contribution in [0.1, 0.15) is 341 Å². The van der Waals surface area contributed by atoms with E-state index >= 15 is 0 Å². The number of phosphoric ester groups is 2. The van der Waals surface area contributed by atoms with Gasteiger partial charge in [0, 0.05) is 45.5 Å². The zero-order valence-electron chi connectivity index (χ0n) is 59.5. The van der Waals surface area contributed by atoms with Crippen molar-refractivity contribution in [1.29, 1.82) is 0 Å². The molecule has 0 aliphatic carbocycles. The Bertz CT molecular complexity index is 1840. The highest BCUT2D eigenvalue weighted by atomic mass is 31.2. The molecule has 0 rings (SSSR count). The lowest BCUT2D eigenvalue weighted by Gasteiger charge is -2.21. The first kappa shape index (κ1) is 91.8.